The lowest BCUT2D eigenvalue weighted by Gasteiger charge is -2.42. The van der Waals surface area contributed by atoms with Gasteiger partial charge in [0.2, 0.25) is 5.91 Å². The van der Waals surface area contributed by atoms with Crippen LogP contribution in [-0.2, 0) is 9.59 Å². The number of hydrogen-bond donors (Lipinski definition) is 2. The summed E-state index contributed by atoms with van der Waals surface area (Å²) in [6, 6.07) is 0. The molecule has 0 aromatic heterocycles. The molecule has 0 radical (unpaired) electrons. The van der Waals surface area contributed by atoms with E-state index in [4.69, 9.17) is 5.11 Å². The molecule has 2 N–H and O–H groups in total. The van der Waals surface area contributed by atoms with Gasteiger partial charge < -0.3 is 10.4 Å². The minimum absolute atomic E-state index is 0.00405. The molecule has 114 valence electrons. The minimum atomic E-state index is -0.815. The fourth-order valence-electron chi connectivity index (χ4n) is 3.65. The summed E-state index contributed by atoms with van der Waals surface area (Å²) in [5, 5.41) is 12.0. The quantitative estimate of drug-likeness (QED) is 0.786. The van der Waals surface area contributed by atoms with Gasteiger partial charge in [-0.25, -0.2) is 0 Å². The van der Waals surface area contributed by atoms with Gasteiger partial charge in [-0.05, 0) is 31.6 Å². The third-order valence-corrected chi connectivity index (χ3v) is 5.05. The molecule has 0 bridgehead atoms. The van der Waals surface area contributed by atoms with E-state index in [0.717, 1.165) is 25.7 Å². The van der Waals surface area contributed by atoms with E-state index < -0.39 is 11.5 Å². The van der Waals surface area contributed by atoms with Crippen molar-refractivity contribution in [3.8, 4) is 0 Å². The van der Waals surface area contributed by atoms with E-state index in [-0.39, 0.29) is 18.2 Å². The van der Waals surface area contributed by atoms with Crippen LogP contribution in [0.25, 0.3) is 0 Å². The topological polar surface area (TPSA) is 66.4 Å². The predicted octanol–water partition coefficient (Wildman–Crippen LogP) is 3.11. The second-order valence-corrected chi connectivity index (χ2v) is 6.83. The van der Waals surface area contributed by atoms with Crippen LogP contribution in [0.2, 0.25) is 0 Å². The molecule has 2 aliphatic carbocycles. The molecule has 0 aromatic rings. The van der Waals surface area contributed by atoms with Crippen molar-refractivity contribution in [3.05, 3.63) is 0 Å². The van der Waals surface area contributed by atoms with Gasteiger partial charge >= 0.3 is 5.97 Å². The number of carboxylic acid groups (broad SMARTS) is 1. The number of hydrogen-bond acceptors (Lipinski definition) is 2. The lowest BCUT2D eigenvalue weighted by Crippen LogP contribution is -2.56. The van der Waals surface area contributed by atoms with Crippen LogP contribution in [0.1, 0.15) is 71.1 Å². The molecule has 0 saturated heterocycles. The molecule has 0 aliphatic heterocycles. The number of rotatable bonds is 6. The molecule has 2 saturated carbocycles. The Morgan fingerprint density at radius 2 is 1.85 bits per heavy atom. The second-order valence-electron chi connectivity index (χ2n) is 6.83. The molecular formula is C16H27NO3. The first-order chi connectivity index (χ1) is 9.51. The van der Waals surface area contributed by atoms with Gasteiger partial charge in [-0.1, -0.05) is 39.0 Å². The van der Waals surface area contributed by atoms with Crippen LogP contribution in [0.4, 0.5) is 0 Å². The first kappa shape index (κ1) is 15.3. The molecular weight excluding hydrogens is 254 g/mol. The number of amides is 1. The monoisotopic (exact) mass is 281 g/mol. The lowest BCUT2D eigenvalue weighted by atomic mass is 9.74. The summed E-state index contributed by atoms with van der Waals surface area (Å²) in [7, 11) is 0. The predicted molar refractivity (Wildman–Crippen MR) is 77.3 cm³/mol. The number of carbonyl (C=O) groups excluding carboxylic acids is 1. The minimum Gasteiger partial charge on any atom is -0.481 e. The Morgan fingerprint density at radius 1 is 1.20 bits per heavy atom. The van der Waals surface area contributed by atoms with Crippen LogP contribution in [-0.4, -0.2) is 22.5 Å². The SMILES string of the molecule is CC(CC1CCCCC1)C(=O)NC1(CC(=O)O)CCC1. The Morgan fingerprint density at radius 3 is 2.35 bits per heavy atom. The molecule has 2 aliphatic rings. The number of carbonyl (C=O) groups is 2. The first-order valence-corrected chi connectivity index (χ1v) is 8.05. The van der Waals surface area contributed by atoms with Crippen molar-refractivity contribution in [2.24, 2.45) is 11.8 Å². The van der Waals surface area contributed by atoms with Crippen LogP contribution in [0, 0.1) is 11.8 Å². The first-order valence-electron chi connectivity index (χ1n) is 8.05. The molecule has 2 rings (SSSR count). The van der Waals surface area contributed by atoms with Gasteiger partial charge in [0.05, 0.1) is 12.0 Å². The normalized spacial score (nSPS) is 23.6. The summed E-state index contributed by atoms with van der Waals surface area (Å²) >= 11 is 0. The Bertz CT molecular complexity index is 357. The van der Waals surface area contributed by atoms with E-state index in [2.05, 4.69) is 5.32 Å². The molecule has 4 heteroatoms. The van der Waals surface area contributed by atoms with E-state index in [9.17, 15) is 9.59 Å². The van der Waals surface area contributed by atoms with E-state index in [1.54, 1.807) is 0 Å². The highest BCUT2D eigenvalue weighted by Gasteiger charge is 2.41. The molecule has 4 nitrogen and oxygen atoms in total. The van der Waals surface area contributed by atoms with Crippen molar-refractivity contribution in [3.63, 3.8) is 0 Å². The molecule has 0 spiro atoms. The van der Waals surface area contributed by atoms with Crippen molar-refractivity contribution in [1.82, 2.24) is 5.32 Å². The number of carboxylic acids is 1. The summed E-state index contributed by atoms with van der Waals surface area (Å²) in [6.07, 6.45) is 10.1. The van der Waals surface area contributed by atoms with E-state index >= 15 is 0 Å². The number of nitrogens with one attached hydrogen (secondary N) is 1. The molecule has 2 fully saturated rings. The maximum absolute atomic E-state index is 12.3. The Balaban J connectivity index is 1.81. The van der Waals surface area contributed by atoms with Gasteiger partial charge in [0.25, 0.3) is 0 Å². The zero-order valence-electron chi connectivity index (χ0n) is 12.5. The molecule has 1 atom stereocenters. The maximum atomic E-state index is 12.3. The van der Waals surface area contributed by atoms with Crippen molar-refractivity contribution < 1.29 is 14.7 Å². The Labute approximate surface area is 121 Å². The fraction of sp³-hybridized carbons (Fsp3) is 0.875. The van der Waals surface area contributed by atoms with Crippen LogP contribution < -0.4 is 5.32 Å². The highest BCUT2D eigenvalue weighted by atomic mass is 16.4. The maximum Gasteiger partial charge on any atom is 0.305 e. The molecule has 0 aromatic carbocycles. The molecule has 20 heavy (non-hydrogen) atoms. The third kappa shape index (κ3) is 3.97. The van der Waals surface area contributed by atoms with Crippen molar-refractivity contribution in [2.75, 3.05) is 0 Å². The van der Waals surface area contributed by atoms with Crippen molar-refractivity contribution in [2.45, 2.75) is 76.7 Å². The zero-order chi connectivity index (χ0) is 14.6. The van der Waals surface area contributed by atoms with Crippen molar-refractivity contribution >= 4 is 11.9 Å². The van der Waals surface area contributed by atoms with Crippen LogP contribution in [0.5, 0.6) is 0 Å². The highest BCUT2D eigenvalue weighted by molar-refractivity contribution is 5.80. The standard InChI is InChI=1S/C16H27NO3/c1-12(10-13-6-3-2-4-7-13)15(20)17-16(8-5-9-16)11-14(18)19/h12-13H,2-11H2,1H3,(H,17,20)(H,18,19). The average Bonchev–Trinajstić information content (AvgIpc) is 2.36. The Kier molecular flexibility index (Phi) is 5.06. The summed E-state index contributed by atoms with van der Waals surface area (Å²) in [5.74, 6) is -0.0767. The number of aliphatic carboxylic acids is 1. The lowest BCUT2D eigenvalue weighted by molar-refractivity contribution is -0.140. The third-order valence-electron chi connectivity index (χ3n) is 5.05. The largest absolute Gasteiger partial charge is 0.481 e. The van der Waals surface area contributed by atoms with Crippen LogP contribution >= 0.6 is 0 Å². The van der Waals surface area contributed by atoms with Gasteiger partial charge in [-0.2, -0.15) is 0 Å². The van der Waals surface area contributed by atoms with Gasteiger partial charge in [-0.3, -0.25) is 9.59 Å². The highest BCUT2D eigenvalue weighted by Crippen LogP contribution is 2.36. The van der Waals surface area contributed by atoms with Gasteiger partial charge in [0.1, 0.15) is 0 Å². The van der Waals surface area contributed by atoms with E-state index in [0.29, 0.717) is 5.92 Å². The fourth-order valence-corrected chi connectivity index (χ4v) is 3.65. The summed E-state index contributed by atoms with van der Waals surface area (Å²) < 4.78 is 0. The van der Waals surface area contributed by atoms with Crippen LogP contribution in [0.3, 0.4) is 0 Å². The van der Waals surface area contributed by atoms with E-state index in [1.807, 2.05) is 6.92 Å². The van der Waals surface area contributed by atoms with E-state index in [1.165, 1.54) is 32.1 Å². The van der Waals surface area contributed by atoms with Gasteiger partial charge in [0, 0.05) is 5.92 Å². The smallest absolute Gasteiger partial charge is 0.305 e. The average molecular weight is 281 g/mol. The summed E-state index contributed by atoms with van der Waals surface area (Å²) in [6.45, 7) is 1.98. The zero-order valence-corrected chi connectivity index (χ0v) is 12.5. The molecule has 1 unspecified atom stereocenters. The Hall–Kier alpha value is -1.06. The molecule has 0 heterocycles. The molecule has 1 amide bonds. The summed E-state index contributed by atoms with van der Waals surface area (Å²) in [4.78, 5) is 23.2. The van der Waals surface area contributed by atoms with Gasteiger partial charge in [0.15, 0.2) is 0 Å². The van der Waals surface area contributed by atoms with Crippen LogP contribution in [0.15, 0.2) is 0 Å². The summed E-state index contributed by atoms with van der Waals surface area (Å²) in [5.41, 5.74) is -0.455. The second kappa shape index (κ2) is 6.59. The van der Waals surface area contributed by atoms with Gasteiger partial charge in [-0.15, -0.1) is 0 Å². The van der Waals surface area contributed by atoms with Crippen molar-refractivity contribution in [1.29, 1.82) is 0 Å².